The van der Waals surface area contributed by atoms with Crippen molar-refractivity contribution in [2.24, 2.45) is 0 Å². The molecule has 0 heterocycles. The van der Waals surface area contributed by atoms with Crippen LogP contribution in [0.4, 0.5) is 10.5 Å². The number of carbonyl (C=O) groups is 2. The van der Waals surface area contributed by atoms with E-state index in [1.54, 1.807) is 24.3 Å². The summed E-state index contributed by atoms with van der Waals surface area (Å²) in [7, 11) is 1.30. The van der Waals surface area contributed by atoms with E-state index in [0.717, 1.165) is 12.8 Å². The molecule has 1 aliphatic rings. The predicted molar refractivity (Wildman–Crippen MR) is 73.7 cm³/mol. The third kappa shape index (κ3) is 4.15. The molecular weight excluding hydrogens is 260 g/mol. The molecule has 2 N–H and O–H groups in total. The molecule has 0 saturated heterocycles. The Morgan fingerprint density at radius 1 is 1.35 bits per heavy atom. The van der Waals surface area contributed by atoms with Gasteiger partial charge in [0.1, 0.15) is 5.75 Å². The van der Waals surface area contributed by atoms with Gasteiger partial charge in [0.2, 0.25) is 0 Å². The van der Waals surface area contributed by atoms with Gasteiger partial charge >= 0.3 is 12.0 Å². The maximum atomic E-state index is 11.7. The Bertz CT molecular complexity index is 486. The minimum Gasteiger partial charge on any atom is -0.482 e. The number of urea groups is 1. The second kappa shape index (κ2) is 6.79. The highest BCUT2D eigenvalue weighted by Gasteiger charge is 2.19. The van der Waals surface area contributed by atoms with Crippen LogP contribution in [0.25, 0.3) is 0 Å². The summed E-state index contributed by atoms with van der Waals surface area (Å²) >= 11 is 0. The van der Waals surface area contributed by atoms with Crippen molar-refractivity contribution in [3.63, 3.8) is 0 Å². The Balaban J connectivity index is 1.84. The Kier molecular flexibility index (Phi) is 4.81. The molecule has 0 bridgehead atoms. The Morgan fingerprint density at radius 2 is 2.15 bits per heavy atom. The Morgan fingerprint density at radius 3 is 2.80 bits per heavy atom. The molecule has 0 atom stereocenters. The summed E-state index contributed by atoms with van der Waals surface area (Å²) in [6.07, 6.45) is 3.24. The molecule has 0 unspecified atom stereocenters. The zero-order valence-corrected chi connectivity index (χ0v) is 11.3. The number of methoxy groups -OCH3 is 1. The van der Waals surface area contributed by atoms with Gasteiger partial charge in [0, 0.05) is 17.8 Å². The highest BCUT2D eigenvalue weighted by atomic mass is 16.6. The van der Waals surface area contributed by atoms with Crippen LogP contribution in [0.15, 0.2) is 24.3 Å². The van der Waals surface area contributed by atoms with Crippen LogP contribution in [0.1, 0.15) is 19.3 Å². The molecule has 1 fully saturated rings. The van der Waals surface area contributed by atoms with Crippen molar-refractivity contribution >= 4 is 17.7 Å². The van der Waals surface area contributed by atoms with Crippen LogP contribution >= 0.6 is 0 Å². The fraction of sp³-hybridized carbons (Fsp3) is 0.429. The van der Waals surface area contributed by atoms with Gasteiger partial charge in [0.15, 0.2) is 6.61 Å². The van der Waals surface area contributed by atoms with Crippen molar-refractivity contribution in [2.75, 3.05) is 19.0 Å². The normalized spacial score (nSPS) is 14.1. The molecule has 1 aromatic rings. The van der Waals surface area contributed by atoms with Gasteiger partial charge in [-0.3, -0.25) is 0 Å². The van der Waals surface area contributed by atoms with Crippen LogP contribution in [-0.4, -0.2) is 31.8 Å². The molecule has 108 valence electrons. The summed E-state index contributed by atoms with van der Waals surface area (Å²) in [6.45, 7) is -0.159. The summed E-state index contributed by atoms with van der Waals surface area (Å²) in [4.78, 5) is 22.7. The average molecular weight is 278 g/mol. The SMILES string of the molecule is COC(=O)COc1cccc(NC(=O)NC2CCC2)c1. The molecule has 1 aliphatic carbocycles. The van der Waals surface area contributed by atoms with Crippen LogP contribution in [0.5, 0.6) is 5.75 Å². The van der Waals surface area contributed by atoms with E-state index in [-0.39, 0.29) is 18.7 Å². The maximum Gasteiger partial charge on any atom is 0.343 e. The van der Waals surface area contributed by atoms with Crippen molar-refractivity contribution in [3.8, 4) is 5.75 Å². The smallest absolute Gasteiger partial charge is 0.343 e. The number of anilines is 1. The van der Waals surface area contributed by atoms with Crippen LogP contribution in [0.2, 0.25) is 0 Å². The summed E-state index contributed by atoms with van der Waals surface area (Å²) in [6, 6.07) is 6.92. The van der Waals surface area contributed by atoms with Crippen LogP contribution in [0.3, 0.4) is 0 Å². The van der Waals surface area contributed by atoms with Gasteiger partial charge in [-0.15, -0.1) is 0 Å². The predicted octanol–water partition coefficient (Wildman–Crippen LogP) is 1.91. The number of rotatable bonds is 5. The molecular formula is C14H18N2O4. The maximum absolute atomic E-state index is 11.7. The number of benzene rings is 1. The average Bonchev–Trinajstić information content (AvgIpc) is 2.40. The summed E-state index contributed by atoms with van der Waals surface area (Å²) in [5.41, 5.74) is 0.615. The zero-order valence-electron chi connectivity index (χ0n) is 11.3. The van der Waals surface area contributed by atoms with E-state index in [1.807, 2.05) is 0 Å². The van der Waals surface area contributed by atoms with E-state index in [2.05, 4.69) is 15.4 Å². The second-order valence-electron chi connectivity index (χ2n) is 4.62. The van der Waals surface area contributed by atoms with E-state index < -0.39 is 5.97 Å². The van der Waals surface area contributed by atoms with Crippen molar-refractivity contribution < 1.29 is 19.1 Å². The van der Waals surface area contributed by atoms with Crippen LogP contribution in [-0.2, 0) is 9.53 Å². The monoisotopic (exact) mass is 278 g/mol. The first-order chi connectivity index (χ1) is 9.67. The van der Waals surface area contributed by atoms with Gasteiger partial charge in [-0.05, 0) is 31.4 Å². The van der Waals surface area contributed by atoms with Gasteiger partial charge < -0.3 is 20.1 Å². The summed E-state index contributed by atoms with van der Waals surface area (Å²) in [5, 5.41) is 5.62. The van der Waals surface area contributed by atoms with Crippen molar-refractivity contribution in [1.29, 1.82) is 0 Å². The molecule has 6 nitrogen and oxygen atoms in total. The summed E-state index contributed by atoms with van der Waals surface area (Å²) in [5.74, 6) is 0.0444. The number of hydrogen-bond donors (Lipinski definition) is 2. The lowest BCUT2D eigenvalue weighted by atomic mass is 9.93. The first kappa shape index (κ1) is 14.2. The van der Waals surface area contributed by atoms with Crippen molar-refractivity contribution in [1.82, 2.24) is 5.32 Å². The van der Waals surface area contributed by atoms with Gasteiger partial charge in [-0.25, -0.2) is 9.59 Å². The Hall–Kier alpha value is -2.24. The standard InChI is InChI=1S/C14H18N2O4/c1-19-13(17)9-20-12-7-3-6-11(8-12)16-14(18)15-10-4-2-5-10/h3,6-8,10H,2,4-5,9H2,1H3,(H2,15,16,18). The zero-order chi connectivity index (χ0) is 14.4. The first-order valence-corrected chi connectivity index (χ1v) is 6.54. The molecule has 0 spiro atoms. The molecule has 0 aliphatic heterocycles. The van der Waals surface area contributed by atoms with E-state index in [9.17, 15) is 9.59 Å². The number of ether oxygens (including phenoxy) is 2. The molecule has 0 aromatic heterocycles. The van der Waals surface area contributed by atoms with Crippen molar-refractivity contribution in [3.05, 3.63) is 24.3 Å². The third-order valence-corrected chi connectivity index (χ3v) is 3.12. The van der Waals surface area contributed by atoms with E-state index in [0.29, 0.717) is 11.4 Å². The van der Waals surface area contributed by atoms with E-state index in [4.69, 9.17) is 4.74 Å². The molecule has 2 amide bonds. The molecule has 20 heavy (non-hydrogen) atoms. The Labute approximate surface area is 117 Å². The lowest BCUT2D eigenvalue weighted by Gasteiger charge is -2.26. The molecule has 1 aromatic carbocycles. The molecule has 0 radical (unpaired) electrons. The summed E-state index contributed by atoms with van der Waals surface area (Å²) < 4.78 is 9.73. The highest BCUT2D eigenvalue weighted by molar-refractivity contribution is 5.89. The molecule has 1 saturated carbocycles. The van der Waals surface area contributed by atoms with Gasteiger partial charge in [-0.2, -0.15) is 0 Å². The van der Waals surface area contributed by atoms with Gasteiger partial charge in [0.25, 0.3) is 0 Å². The minimum atomic E-state index is -0.453. The van der Waals surface area contributed by atoms with Gasteiger partial charge in [0.05, 0.1) is 7.11 Å². The van der Waals surface area contributed by atoms with E-state index >= 15 is 0 Å². The topological polar surface area (TPSA) is 76.7 Å². The van der Waals surface area contributed by atoms with Crippen molar-refractivity contribution in [2.45, 2.75) is 25.3 Å². The highest BCUT2D eigenvalue weighted by Crippen LogP contribution is 2.19. The molecule has 2 rings (SSSR count). The second-order valence-corrected chi connectivity index (χ2v) is 4.62. The lowest BCUT2D eigenvalue weighted by molar-refractivity contribution is -0.142. The number of esters is 1. The minimum absolute atomic E-state index is 0.159. The lowest BCUT2D eigenvalue weighted by Crippen LogP contribution is -2.41. The number of carbonyl (C=O) groups excluding carboxylic acids is 2. The quantitative estimate of drug-likeness (QED) is 0.807. The molecule has 6 heteroatoms. The fourth-order valence-corrected chi connectivity index (χ4v) is 1.77. The number of nitrogens with one attached hydrogen (secondary N) is 2. The van der Waals surface area contributed by atoms with Crippen LogP contribution in [0, 0.1) is 0 Å². The third-order valence-electron chi connectivity index (χ3n) is 3.12. The van der Waals surface area contributed by atoms with Crippen LogP contribution < -0.4 is 15.4 Å². The first-order valence-electron chi connectivity index (χ1n) is 6.54. The van der Waals surface area contributed by atoms with E-state index in [1.165, 1.54) is 13.5 Å². The fourth-order valence-electron chi connectivity index (χ4n) is 1.77. The number of hydrogen-bond acceptors (Lipinski definition) is 4. The van der Waals surface area contributed by atoms with Gasteiger partial charge in [-0.1, -0.05) is 6.07 Å². The largest absolute Gasteiger partial charge is 0.482 e. The number of amides is 2.